The lowest BCUT2D eigenvalue weighted by atomic mass is 10.2. The Kier molecular flexibility index (Phi) is 3.17. The second-order valence-corrected chi connectivity index (χ2v) is 3.93. The molecule has 2 N–H and O–H groups in total. The highest BCUT2D eigenvalue weighted by atomic mass is 16.3. The van der Waals surface area contributed by atoms with Crippen LogP contribution in [0, 0.1) is 0 Å². The number of hydrogen-bond acceptors (Lipinski definition) is 4. The van der Waals surface area contributed by atoms with E-state index in [9.17, 15) is 15.0 Å². The fraction of sp³-hybridized carbons (Fsp3) is 0.455. The third kappa shape index (κ3) is 2.37. The molecular weight excluding hydrogens is 208 g/mol. The molecule has 16 heavy (non-hydrogen) atoms. The van der Waals surface area contributed by atoms with Gasteiger partial charge in [-0.1, -0.05) is 6.07 Å². The van der Waals surface area contributed by atoms with Gasteiger partial charge in [-0.15, -0.1) is 0 Å². The van der Waals surface area contributed by atoms with Crippen LogP contribution in [0.25, 0.3) is 0 Å². The van der Waals surface area contributed by atoms with E-state index < -0.39 is 12.2 Å². The van der Waals surface area contributed by atoms with E-state index in [-0.39, 0.29) is 25.4 Å². The molecule has 2 atom stereocenters. The van der Waals surface area contributed by atoms with E-state index >= 15 is 0 Å². The van der Waals surface area contributed by atoms with Gasteiger partial charge in [0.15, 0.2) is 0 Å². The van der Waals surface area contributed by atoms with Gasteiger partial charge in [-0.3, -0.25) is 9.78 Å². The van der Waals surface area contributed by atoms with Gasteiger partial charge in [0.05, 0.1) is 18.6 Å². The molecule has 1 amide bonds. The number of carbonyl (C=O) groups is 1. The molecule has 2 rings (SSSR count). The summed E-state index contributed by atoms with van der Waals surface area (Å²) in [5, 5.41) is 18.6. The van der Waals surface area contributed by atoms with Crippen molar-refractivity contribution in [2.45, 2.75) is 18.6 Å². The van der Waals surface area contributed by atoms with Crippen molar-refractivity contribution in [3.63, 3.8) is 0 Å². The third-order valence-corrected chi connectivity index (χ3v) is 2.67. The largest absolute Gasteiger partial charge is 0.388 e. The molecule has 86 valence electrons. The van der Waals surface area contributed by atoms with E-state index in [4.69, 9.17) is 0 Å². The van der Waals surface area contributed by atoms with E-state index in [1.807, 2.05) is 6.07 Å². The number of nitrogens with zero attached hydrogens (tertiary/aromatic N) is 2. The van der Waals surface area contributed by atoms with Crippen molar-refractivity contribution in [1.29, 1.82) is 0 Å². The lowest BCUT2D eigenvalue weighted by Crippen LogP contribution is -2.31. The number of aliphatic hydroxyl groups excluding tert-OH is 2. The minimum atomic E-state index is -0.826. The number of aliphatic hydroxyl groups is 2. The normalized spacial score (nSPS) is 24.8. The number of carbonyl (C=O) groups excluding carboxylic acids is 1. The summed E-state index contributed by atoms with van der Waals surface area (Å²) < 4.78 is 0. The van der Waals surface area contributed by atoms with Crippen LogP contribution in [0.2, 0.25) is 0 Å². The molecule has 1 aromatic rings. The maximum absolute atomic E-state index is 11.8. The van der Waals surface area contributed by atoms with Crippen molar-refractivity contribution in [3.05, 3.63) is 30.1 Å². The summed E-state index contributed by atoms with van der Waals surface area (Å²) in [6.45, 7) is 0.402. The Balaban J connectivity index is 1.95. The van der Waals surface area contributed by atoms with Crippen LogP contribution >= 0.6 is 0 Å². The van der Waals surface area contributed by atoms with Crippen LogP contribution in [-0.2, 0) is 11.2 Å². The van der Waals surface area contributed by atoms with E-state index in [1.54, 1.807) is 18.3 Å². The third-order valence-electron chi connectivity index (χ3n) is 2.67. The molecule has 1 aliphatic rings. The van der Waals surface area contributed by atoms with Gasteiger partial charge < -0.3 is 15.1 Å². The van der Waals surface area contributed by atoms with Crippen molar-refractivity contribution in [3.8, 4) is 0 Å². The second-order valence-electron chi connectivity index (χ2n) is 3.93. The van der Waals surface area contributed by atoms with Crippen LogP contribution in [-0.4, -0.2) is 51.3 Å². The zero-order valence-electron chi connectivity index (χ0n) is 8.78. The van der Waals surface area contributed by atoms with Gasteiger partial charge in [-0.2, -0.15) is 0 Å². The smallest absolute Gasteiger partial charge is 0.228 e. The minimum Gasteiger partial charge on any atom is -0.388 e. The SMILES string of the molecule is O=C(Cc1ccccn1)N1CC(O)C(O)C1. The molecule has 2 heterocycles. The Morgan fingerprint density at radius 3 is 2.62 bits per heavy atom. The Bertz CT molecular complexity index is 359. The van der Waals surface area contributed by atoms with Gasteiger partial charge in [0, 0.05) is 25.0 Å². The number of hydrogen-bond donors (Lipinski definition) is 2. The maximum atomic E-state index is 11.8. The molecule has 5 nitrogen and oxygen atoms in total. The first-order valence-corrected chi connectivity index (χ1v) is 5.20. The summed E-state index contributed by atoms with van der Waals surface area (Å²) in [4.78, 5) is 17.3. The van der Waals surface area contributed by atoms with Crippen LogP contribution in [0.3, 0.4) is 0 Å². The molecule has 0 radical (unpaired) electrons. The lowest BCUT2D eigenvalue weighted by molar-refractivity contribution is -0.130. The number of aromatic nitrogens is 1. The van der Waals surface area contributed by atoms with Crippen LogP contribution < -0.4 is 0 Å². The molecule has 0 saturated carbocycles. The topological polar surface area (TPSA) is 73.7 Å². The molecule has 1 aliphatic heterocycles. The number of rotatable bonds is 2. The predicted octanol–water partition coefficient (Wildman–Crippen LogP) is -0.812. The number of pyridine rings is 1. The van der Waals surface area contributed by atoms with Gasteiger partial charge in [0.1, 0.15) is 0 Å². The molecule has 0 spiro atoms. The maximum Gasteiger partial charge on any atom is 0.228 e. The van der Waals surface area contributed by atoms with Crippen LogP contribution in [0.5, 0.6) is 0 Å². The summed E-state index contributed by atoms with van der Waals surface area (Å²) >= 11 is 0. The van der Waals surface area contributed by atoms with Gasteiger partial charge in [-0.05, 0) is 12.1 Å². The number of amides is 1. The monoisotopic (exact) mass is 222 g/mol. The fourth-order valence-corrected chi connectivity index (χ4v) is 1.74. The van der Waals surface area contributed by atoms with E-state index in [2.05, 4.69) is 4.98 Å². The first-order valence-electron chi connectivity index (χ1n) is 5.20. The highest BCUT2D eigenvalue weighted by Crippen LogP contribution is 2.11. The van der Waals surface area contributed by atoms with Gasteiger partial charge >= 0.3 is 0 Å². The van der Waals surface area contributed by atoms with Crippen molar-refractivity contribution < 1.29 is 15.0 Å². The zero-order valence-corrected chi connectivity index (χ0v) is 8.78. The summed E-state index contributed by atoms with van der Waals surface area (Å²) in [5.74, 6) is -0.116. The Labute approximate surface area is 93.3 Å². The van der Waals surface area contributed by atoms with E-state index in [0.29, 0.717) is 5.69 Å². The molecule has 1 fully saturated rings. The molecule has 0 bridgehead atoms. The molecule has 0 aliphatic carbocycles. The highest BCUT2D eigenvalue weighted by Gasteiger charge is 2.32. The second kappa shape index (κ2) is 4.59. The molecule has 5 heteroatoms. The van der Waals surface area contributed by atoms with Crippen molar-refractivity contribution in [2.75, 3.05) is 13.1 Å². The van der Waals surface area contributed by atoms with Gasteiger partial charge in [-0.25, -0.2) is 0 Å². The fourth-order valence-electron chi connectivity index (χ4n) is 1.74. The Morgan fingerprint density at radius 1 is 1.38 bits per heavy atom. The molecular formula is C11H14N2O3. The lowest BCUT2D eigenvalue weighted by Gasteiger charge is -2.14. The predicted molar refractivity (Wildman–Crippen MR) is 56.5 cm³/mol. The first kappa shape index (κ1) is 11.0. The van der Waals surface area contributed by atoms with Crippen LogP contribution in [0.15, 0.2) is 24.4 Å². The van der Waals surface area contributed by atoms with Gasteiger partial charge in [0.25, 0.3) is 0 Å². The van der Waals surface area contributed by atoms with Gasteiger partial charge in [0.2, 0.25) is 5.91 Å². The molecule has 2 unspecified atom stereocenters. The van der Waals surface area contributed by atoms with Crippen molar-refractivity contribution >= 4 is 5.91 Å². The molecule has 1 saturated heterocycles. The molecule has 1 aromatic heterocycles. The van der Waals surface area contributed by atoms with Crippen LogP contribution in [0.4, 0.5) is 0 Å². The average molecular weight is 222 g/mol. The minimum absolute atomic E-state index is 0.116. The summed E-state index contributed by atoms with van der Waals surface area (Å²) in [5.41, 5.74) is 0.698. The van der Waals surface area contributed by atoms with E-state index in [0.717, 1.165) is 0 Å². The Hall–Kier alpha value is -1.46. The summed E-state index contributed by atoms with van der Waals surface area (Å²) in [7, 11) is 0. The average Bonchev–Trinajstić information content (AvgIpc) is 2.61. The first-order chi connectivity index (χ1) is 7.66. The van der Waals surface area contributed by atoms with Crippen molar-refractivity contribution in [2.24, 2.45) is 0 Å². The van der Waals surface area contributed by atoms with Crippen LogP contribution in [0.1, 0.15) is 5.69 Å². The van der Waals surface area contributed by atoms with E-state index in [1.165, 1.54) is 4.90 Å². The van der Waals surface area contributed by atoms with Crippen molar-refractivity contribution in [1.82, 2.24) is 9.88 Å². The quantitative estimate of drug-likeness (QED) is 0.686. The number of β-amino-alcohol motifs (C(OH)–C–C–N with tert-alkyl or cyclic N) is 2. The zero-order chi connectivity index (χ0) is 11.5. The Morgan fingerprint density at radius 2 is 2.06 bits per heavy atom. The highest BCUT2D eigenvalue weighted by molar-refractivity contribution is 5.78. The summed E-state index contributed by atoms with van der Waals surface area (Å²) in [6, 6.07) is 5.39. The number of likely N-dealkylation sites (tertiary alicyclic amines) is 1. The summed E-state index contributed by atoms with van der Waals surface area (Å²) in [6.07, 6.45) is 0.191. The molecule has 0 aromatic carbocycles. The standard InChI is InChI=1S/C11H14N2O3/c14-9-6-13(7-10(9)15)11(16)5-8-3-1-2-4-12-8/h1-4,9-10,14-15H,5-7H2.